The molecule has 1 rings (SSSR count). The van der Waals surface area contributed by atoms with E-state index in [9.17, 15) is 0 Å². The third-order valence-electron chi connectivity index (χ3n) is 3.53. The van der Waals surface area contributed by atoms with Crippen molar-refractivity contribution < 1.29 is 4.74 Å². The van der Waals surface area contributed by atoms with E-state index in [0.717, 1.165) is 12.2 Å². The fourth-order valence-corrected chi connectivity index (χ4v) is 2.15. The first-order valence-electron chi connectivity index (χ1n) is 6.68. The largest absolute Gasteiger partial charge is 0.496 e. The summed E-state index contributed by atoms with van der Waals surface area (Å²) in [6, 6.07) is 4.44. The van der Waals surface area contributed by atoms with E-state index in [2.05, 4.69) is 46.8 Å². The molecule has 0 heterocycles. The van der Waals surface area contributed by atoms with Crippen molar-refractivity contribution in [1.82, 2.24) is 0 Å². The summed E-state index contributed by atoms with van der Waals surface area (Å²) in [4.78, 5) is 0. The van der Waals surface area contributed by atoms with Gasteiger partial charge in [-0.3, -0.25) is 0 Å². The standard InChI is InChI=1S/C16H27NO/c1-11(2)14-8-13(9-16(4,5)10-17)12(3)7-15(14)18-6/h7-8,11H,9-10,17H2,1-6H3. The molecule has 0 radical (unpaired) electrons. The first-order valence-corrected chi connectivity index (χ1v) is 6.68. The SMILES string of the molecule is COc1cc(C)c(CC(C)(C)CN)cc1C(C)C. The molecule has 0 unspecified atom stereocenters. The number of methoxy groups -OCH3 is 1. The summed E-state index contributed by atoms with van der Waals surface area (Å²) in [6.07, 6.45) is 1.01. The Morgan fingerprint density at radius 2 is 1.89 bits per heavy atom. The maximum atomic E-state index is 5.83. The lowest BCUT2D eigenvalue weighted by Gasteiger charge is -2.25. The van der Waals surface area contributed by atoms with Crippen LogP contribution in [-0.2, 0) is 6.42 Å². The van der Waals surface area contributed by atoms with Gasteiger partial charge in [-0.15, -0.1) is 0 Å². The number of hydrogen-bond donors (Lipinski definition) is 1. The first kappa shape index (κ1) is 15.0. The summed E-state index contributed by atoms with van der Waals surface area (Å²) in [5, 5.41) is 0. The number of nitrogens with two attached hydrogens (primary N) is 1. The third kappa shape index (κ3) is 3.49. The molecule has 0 aliphatic heterocycles. The van der Waals surface area contributed by atoms with Gasteiger partial charge in [0.1, 0.15) is 5.75 Å². The molecule has 0 saturated heterocycles. The van der Waals surface area contributed by atoms with Gasteiger partial charge in [0.15, 0.2) is 0 Å². The second-order valence-electron chi connectivity index (χ2n) is 6.22. The van der Waals surface area contributed by atoms with Gasteiger partial charge in [-0.1, -0.05) is 33.8 Å². The number of rotatable bonds is 5. The van der Waals surface area contributed by atoms with Crippen molar-refractivity contribution in [3.63, 3.8) is 0 Å². The van der Waals surface area contributed by atoms with E-state index in [4.69, 9.17) is 10.5 Å². The summed E-state index contributed by atoms with van der Waals surface area (Å²) in [5.74, 6) is 1.47. The highest BCUT2D eigenvalue weighted by Gasteiger charge is 2.19. The van der Waals surface area contributed by atoms with Crippen LogP contribution >= 0.6 is 0 Å². The maximum Gasteiger partial charge on any atom is 0.122 e. The lowest BCUT2D eigenvalue weighted by molar-refractivity contribution is 0.374. The lowest BCUT2D eigenvalue weighted by atomic mass is 9.83. The molecule has 1 aromatic rings. The minimum atomic E-state index is 0.146. The molecule has 0 aromatic heterocycles. The van der Waals surface area contributed by atoms with Crippen LogP contribution in [0.2, 0.25) is 0 Å². The normalized spacial score (nSPS) is 12.0. The molecule has 0 fully saturated rings. The molecule has 0 aliphatic carbocycles. The van der Waals surface area contributed by atoms with E-state index in [0.29, 0.717) is 12.5 Å². The van der Waals surface area contributed by atoms with Gasteiger partial charge in [0.05, 0.1) is 7.11 Å². The van der Waals surface area contributed by atoms with E-state index >= 15 is 0 Å². The van der Waals surface area contributed by atoms with Gasteiger partial charge >= 0.3 is 0 Å². The maximum absolute atomic E-state index is 5.83. The van der Waals surface area contributed by atoms with Crippen LogP contribution in [0.25, 0.3) is 0 Å². The van der Waals surface area contributed by atoms with Crippen molar-refractivity contribution in [3.05, 3.63) is 28.8 Å². The van der Waals surface area contributed by atoms with E-state index in [1.807, 2.05) is 0 Å². The topological polar surface area (TPSA) is 35.2 Å². The highest BCUT2D eigenvalue weighted by atomic mass is 16.5. The predicted octanol–water partition coefficient (Wildman–Crippen LogP) is 3.65. The molecule has 0 aliphatic rings. The van der Waals surface area contributed by atoms with Gasteiger partial charge in [0.25, 0.3) is 0 Å². The molecule has 2 N–H and O–H groups in total. The van der Waals surface area contributed by atoms with Crippen molar-refractivity contribution in [2.45, 2.75) is 47.0 Å². The molecule has 18 heavy (non-hydrogen) atoms. The number of benzene rings is 1. The van der Waals surface area contributed by atoms with Gasteiger partial charge in [0, 0.05) is 0 Å². The van der Waals surface area contributed by atoms with Crippen molar-refractivity contribution in [2.24, 2.45) is 11.1 Å². The van der Waals surface area contributed by atoms with Gasteiger partial charge in [-0.2, -0.15) is 0 Å². The second-order valence-corrected chi connectivity index (χ2v) is 6.22. The summed E-state index contributed by atoms with van der Waals surface area (Å²) >= 11 is 0. The molecule has 0 bridgehead atoms. The Bertz CT molecular complexity index is 408. The van der Waals surface area contributed by atoms with Crippen LogP contribution in [0.4, 0.5) is 0 Å². The Labute approximate surface area is 112 Å². The molecular weight excluding hydrogens is 222 g/mol. The van der Waals surface area contributed by atoms with Crippen molar-refractivity contribution in [3.8, 4) is 5.75 Å². The summed E-state index contributed by atoms with van der Waals surface area (Å²) in [7, 11) is 1.74. The van der Waals surface area contributed by atoms with Crippen LogP contribution < -0.4 is 10.5 Å². The third-order valence-corrected chi connectivity index (χ3v) is 3.53. The Morgan fingerprint density at radius 1 is 1.28 bits per heavy atom. The molecule has 1 aromatic carbocycles. The monoisotopic (exact) mass is 249 g/mol. The van der Waals surface area contributed by atoms with Crippen molar-refractivity contribution in [1.29, 1.82) is 0 Å². The van der Waals surface area contributed by atoms with Crippen molar-refractivity contribution in [2.75, 3.05) is 13.7 Å². The summed E-state index contributed by atoms with van der Waals surface area (Å²) in [6.45, 7) is 11.7. The Morgan fingerprint density at radius 3 is 2.33 bits per heavy atom. The summed E-state index contributed by atoms with van der Waals surface area (Å²) in [5.41, 5.74) is 9.94. The minimum Gasteiger partial charge on any atom is -0.496 e. The van der Waals surface area contributed by atoms with Crippen LogP contribution in [0.3, 0.4) is 0 Å². The number of aryl methyl sites for hydroxylation is 1. The zero-order valence-corrected chi connectivity index (χ0v) is 12.6. The molecule has 0 saturated carbocycles. The average Bonchev–Trinajstić information content (AvgIpc) is 2.30. The zero-order valence-electron chi connectivity index (χ0n) is 12.6. The fourth-order valence-electron chi connectivity index (χ4n) is 2.15. The first-order chi connectivity index (χ1) is 8.30. The summed E-state index contributed by atoms with van der Waals surface area (Å²) < 4.78 is 5.47. The van der Waals surface area contributed by atoms with Crippen LogP contribution in [0.1, 0.15) is 50.3 Å². The highest BCUT2D eigenvalue weighted by Crippen LogP contribution is 2.32. The molecular formula is C16H27NO. The van der Waals surface area contributed by atoms with E-state index in [1.165, 1.54) is 16.7 Å². The number of ether oxygens (including phenoxy) is 1. The Kier molecular flexibility index (Phi) is 4.80. The van der Waals surface area contributed by atoms with Gasteiger partial charge in [0.2, 0.25) is 0 Å². The van der Waals surface area contributed by atoms with E-state index in [-0.39, 0.29) is 5.41 Å². The molecule has 2 nitrogen and oxygen atoms in total. The van der Waals surface area contributed by atoms with Crippen LogP contribution in [0, 0.1) is 12.3 Å². The quantitative estimate of drug-likeness (QED) is 0.864. The Balaban J connectivity index is 3.17. The van der Waals surface area contributed by atoms with Gasteiger partial charge in [-0.25, -0.2) is 0 Å². The zero-order chi connectivity index (χ0) is 13.9. The van der Waals surface area contributed by atoms with Crippen LogP contribution in [0.15, 0.2) is 12.1 Å². The van der Waals surface area contributed by atoms with E-state index < -0.39 is 0 Å². The number of hydrogen-bond acceptors (Lipinski definition) is 2. The van der Waals surface area contributed by atoms with Gasteiger partial charge < -0.3 is 10.5 Å². The van der Waals surface area contributed by atoms with Crippen molar-refractivity contribution >= 4 is 0 Å². The molecule has 0 amide bonds. The molecule has 2 heteroatoms. The van der Waals surface area contributed by atoms with Gasteiger partial charge in [-0.05, 0) is 54.0 Å². The molecule has 0 spiro atoms. The van der Waals surface area contributed by atoms with E-state index in [1.54, 1.807) is 7.11 Å². The molecule has 0 atom stereocenters. The minimum absolute atomic E-state index is 0.146. The lowest BCUT2D eigenvalue weighted by Crippen LogP contribution is -2.26. The second kappa shape index (κ2) is 5.75. The predicted molar refractivity (Wildman–Crippen MR) is 78.4 cm³/mol. The fraction of sp³-hybridized carbons (Fsp3) is 0.625. The Hall–Kier alpha value is -1.02. The van der Waals surface area contributed by atoms with Crippen LogP contribution in [0.5, 0.6) is 5.75 Å². The smallest absolute Gasteiger partial charge is 0.122 e. The molecule has 102 valence electrons. The van der Waals surface area contributed by atoms with Crippen LogP contribution in [-0.4, -0.2) is 13.7 Å². The highest BCUT2D eigenvalue weighted by molar-refractivity contribution is 5.44. The average molecular weight is 249 g/mol.